The molecule has 5 nitrogen and oxygen atoms in total. The fourth-order valence-electron chi connectivity index (χ4n) is 4.05. The van der Waals surface area contributed by atoms with E-state index >= 15 is 0 Å². The first kappa shape index (κ1) is 29.8. The number of amides is 2. The van der Waals surface area contributed by atoms with E-state index in [2.05, 4.69) is 5.32 Å². The third-order valence-corrected chi connectivity index (χ3v) is 7.58. The summed E-state index contributed by atoms with van der Waals surface area (Å²) in [6.45, 7) is 7.56. The van der Waals surface area contributed by atoms with Crippen molar-refractivity contribution in [3.63, 3.8) is 0 Å². The Hall–Kier alpha value is -2.73. The van der Waals surface area contributed by atoms with E-state index in [0.717, 1.165) is 23.1 Å². The molecule has 0 radical (unpaired) electrons. The van der Waals surface area contributed by atoms with Crippen molar-refractivity contribution < 1.29 is 14.3 Å². The first-order chi connectivity index (χ1) is 18.1. The third-order valence-electron chi connectivity index (χ3n) is 6.40. The Bertz CT molecular complexity index is 1240. The maximum Gasteiger partial charge on any atom is 0.261 e. The van der Waals surface area contributed by atoms with Gasteiger partial charge in [0.1, 0.15) is 11.8 Å². The summed E-state index contributed by atoms with van der Waals surface area (Å²) >= 11 is 18.9. The minimum Gasteiger partial charge on any atom is -0.484 e. The summed E-state index contributed by atoms with van der Waals surface area (Å²) < 4.78 is 5.90. The van der Waals surface area contributed by atoms with Crippen molar-refractivity contribution in [2.24, 2.45) is 0 Å². The van der Waals surface area contributed by atoms with Crippen LogP contribution in [0.3, 0.4) is 0 Å². The topological polar surface area (TPSA) is 58.6 Å². The molecule has 38 heavy (non-hydrogen) atoms. The number of carbonyl (C=O) groups excluding carboxylic acids is 2. The molecule has 3 aromatic carbocycles. The van der Waals surface area contributed by atoms with Gasteiger partial charge < -0.3 is 15.0 Å². The van der Waals surface area contributed by atoms with Crippen LogP contribution in [0.1, 0.15) is 42.5 Å². The number of ether oxygens (including phenoxy) is 1. The highest BCUT2D eigenvalue weighted by atomic mass is 35.5. The number of carbonyl (C=O) groups is 2. The summed E-state index contributed by atoms with van der Waals surface area (Å²) in [6.07, 6.45) is 1.10. The molecule has 0 aliphatic carbocycles. The zero-order chi connectivity index (χ0) is 27.8. The lowest BCUT2D eigenvalue weighted by molar-refractivity contribution is -0.143. The third kappa shape index (κ3) is 8.13. The SMILES string of the molecule is CC[C@H](C)NC(=O)[C@H](Cc1ccccc1)N(Cc1ccc(Cl)cc1Cl)C(=O)COc1cc(C)c(Cl)c(C)c1. The van der Waals surface area contributed by atoms with Gasteiger partial charge in [0.25, 0.3) is 5.91 Å². The quantitative estimate of drug-likeness (QED) is 0.263. The van der Waals surface area contributed by atoms with Crippen LogP contribution < -0.4 is 10.1 Å². The van der Waals surface area contributed by atoms with Gasteiger partial charge in [-0.3, -0.25) is 9.59 Å². The maximum atomic E-state index is 13.8. The highest BCUT2D eigenvalue weighted by Crippen LogP contribution is 2.27. The van der Waals surface area contributed by atoms with Gasteiger partial charge in [-0.2, -0.15) is 0 Å². The van der Waals surface area contributed by atoms with Crippen molar-refractivity contribution in [1.82, 2.24) is 10.2 Å². The molecule has 0 bridgehead atoms. The fourth-order valence-corrected chi connectivity index (χ4v) is 4.62. The van der Waals surface area contributed by atoms with Crippen molar-refractivity contribution in [3.05, 3.63) is 98.0 Å². The summed E-state index contributed by atoms with van der Waals surface area (Å²) in [5.74, 6) is -0.0489. The molecular formula is C30H33Cl3N2O3. The first-order valence-corrected chi connectivity index (χ1v) is 13.7. The van der Waals surface area contributed by atoms with Gasteiger partial charge in [-0.15, -0.1) is 0 Å². The number of rotatable bonds is 11. The van der Waals surface area contributed by atoms with Crippen LogP contribution in [0.5, 0.6) is 5.75 Å². The Balaban J connectivity index is 1.96. The van der Waals surface area contributed by atoms with Gasteiger partial charge in [-0.25, -0.2) is 0 Å². The molecule has 0 saturated heterocycles. The predicted molar refractivity (Wildman–Crippen MR) is 155 cm³/mol. The van der Waals surface area contributed by atoms with E-state index in [4.69, 9.17) is 39.5 Å². The minimum absolute atomic E-state index is 0.0480. The molecule has 0 saturated carbocycles. The van der Waals surface area contributed by atoms with Gasteiger partial charge in [-0.1, -0.05) is 78.1 Å². The molecule has 0 aliphatic rings. The van der Waals surface area contributed by atoms with Crippen molar-refractivity contribution in [2.75, 3.05) is 6.61 Å². The summed E-state index contributed by atoms with van der Waals surface area (Å²) in [7, 11) is 0. The maximum absolute atomic E-state index is 13.8. The normalized spacial score (nSPS) is 12.5. The number of nitrogens with one attached hydrogen (secondary N) is 1. The lowest BCUT2D eigenvalue weighted by Crippen LogP contribution is -2.53. The fraction of sp³-hybridized carbons (Fsp3) is 0.333. The zero-order valence-corrected chi connectivity index (χ0v) is 24.3. The van der Waals surface area contributed by atoms with Crippen LogP contribution in [-0.2, 0) is 22.6 Å². The molecule has 2 atom stereocenters. The van der Waals surface area contributed by atoms with Crippen molar-refractivity contribution in [1.29, 1.82) is 0 Å². The molecule has 0 heterocycles. The standard InChI is InChI=1S/C30H33Cl3N2O3/c1-5-21(4)34-30(37)27(15-22-9-7-6-8-10-22)35(17-23-11-12-24(31)16-26(23)32)28(36)18-38-25-13-19(2)29(33)20(3)14-25/h6-14,16,21,27H,5,15,17-18H2,1-4H3,(H,34,37)/t21-,27-/m0/s1. The van der Waals surface area contributed by atoms with Crippen LogP contribution in [0.4, 0.5) is 0 Å². The first-order valence-electron chi connectivity index (χ1n) is 12.6. The van der Waals surface area contributed by atoms with Crippen LogP contribution in [0.2, 0.25) is 15.1 Å². The molecule has 202 valence electrons. The second-order valence-corrected chi connectivity index (χ2v) is 10.7. The van der Waals surface area contributed by atoms with Gasteiger partial charge in [0.2, 0.25) is 5.91 Å². The van der Waals surface area contributed by atoms with E-state index in [9.17, 15) is 9.59 Å². The summed E-state index contributed by atoms with van der Waals surface area (Å²) in [4.78, 5) is 28.9. The van der Waals surface area contributed by atoms with Gasteiger partial charge in [0.05, 0.1) is 0 Å². The predicted octanol–water partition coefficient (Wildman–Crippen LogP) is 7.20. The summed E-state index contributed by atoms with van der Waals surface area (Å²) in [5, 5.41) is 4.61. The number of halogens is 3. The van der Waals surface area contributed by atoms with Crippen molar-refractivity contribution in [2.45, 2.75) is 59.2 Å². The molecule has 0 aliphatic heterocycles. The van der Waals surface area contributed by atoms with E-state index in [1.807, 2.05) is 58.0 Å². The Labute approximate surface area is 240 Å². The van der Waals surface area contributed by atoms with Crippen LogP contribution in [0.15, 0.2) is 60.7 Å². The molecule has 0 spiro atoms. The molecule has 0 aromatic heterocycles. The zero-order valence-electron chi connectivity index (χ0n) is 22.1. The van der Waals surface area contributed by atoms with Crippen molar-refractivity contribution in [3.8, 4) is 5.75 Å². The number of hydrogen-bond acceptors (Lipinski definition) is 3. The monoisotopic (exact) mass is 574 g/mol. The van der Waals surface area contributed by atoms with Crippen LogP contribution in [0.25, 0.3) is 0 Å². The van der Waals surface area contributed by atoms with Gasteiger partial charge in [0.15, 0.2) is 6.61 Å². The largest absolute Gasteiger partial charge is 0.484 e. The molecule has 0 unspecified atom stereocenters. The van der Waals surface area contributed by atoms with Crippen LogP contribution in [-0.4, -0.2) is 35.4 Å². The summed E-state index contributed by atoms with van der Waals surface area (Å²) in [5.41, 5.74) is 3.32. The number of aryl methyl sites for hydroxylation is 2. The second kappa shape index (κ2) is 13.9. The van der Waals surface area contributed by atoms with E-state index in [1.54, 1.807) is 30.3 Å². The van der Waals surface area contributed by atoms with E-state index in [1.165, 1.54) is 4.90 Å². The second-order valence-electron chi connectivity index (χ2n) is 9.44. The highest BCUT2D eigenvalue weighted by molar-refractivity contribution is 6.35. The molecular weight excluding hydrogens is 543 g/mol. The Morgan fingerprint density at radius 1 is 0.974 bits per heavy atom. The average Bonchev–Trinajstić information content (AvgIpc) is 2.89. The molecule has 2 amide bonds. The summed E-state index contributed by atoms with van der Waals surface area (Å²) in [6, 6.07) is 17.5. The molecule has 3 aromatic rings. The number of benzene rings is 3. The lowest BCUT2D eigenvalue weighted by atomic mass is 10.0. The van der Waals surface area contributed by atoms with Gasteiger partial charge in [0, 0.05) is 34.1 Å². The molecule has 8 heteroatoms. The molecule has 3 rings (SSSR count). The number of nitrogens with zero attached hydrogens (tertiary/aromatic N) is 1. The Morgan fingerprint density at radius 2 is 1.63 bits per heavy atom. The molecule has 1 N–H and O–H groups in total. The Kier molecular flexibility index (Phi) is 10.9. The molecule has 0 fully saturated rings. The highest BCUT2D eigenvalue weighted by Gasteiger charge is 2.31. The van der Waals surface area contributed by atoms with Crippen LogP contribution in [0, 0.1) is 13.8 Å². The minimum atomic E-state index is -0.789. The van der Waals surface area contributed by atoms with Gasteiger partial charge in [-0.05, 0) is 73.7 Å². The van der Waals surface area contributed by atoms with Crippen molar-refractivity contribution >= 4 is 46.6 Å². The van der Waals surface area contributed by atoms with E-state index in [0.29, 0.717) is 32.8 Å². The Morgan fingerprint density at radius 3 is 2.24 bits per heavy atom. The smallest absolute Gasteiger partial charge is 0.261 e. The van der Waals surface area contributed by atoms with E-state index in [-0.39, 0.29) is 31.0 Å². The van der Waals surface area contributed by atoms with E-state index < -0.39 is 6.04 Å². The van der Waals surface area contributed by atoms with Crippen LogP contribution >= 0.6 is 34.8 Å². The average molecular weight is 576 g/mol. The number of hydrogen-bond donors (Lipinski definition) is 1. The lowest BCUT2D eigenvalue weighted by Gasteiger charge is -2.32. The van der Waals surface area contributed by atoms with Gasteiger partial charge >= 0.3 is 0 Å².